The lowest BCUT2D eigenvalue weighted by Gasteiger charge is -2.45. The fourth-order valence-corrected chi connectivity index (χ4v) is 9.80. The maximum atomic E-state index is 7.22. The van der Waals surface area contributed by atoms with E-state index in [4.69, 9.17) is 37.6 Å². The molecule has 2 aromatic carbocycles. The molecule has 0 radical (unpaired) electrons. The number of benzene rings is 2. The predicted octanol–water partition coefficient (Wildman–Crippen LogP) is 3.49. The van der Waals surface area contributed by atoms with Gasteiger partial charge in [-0.15, -0.1) is 0 Å². The lowest BCUT2D eigenvalue weighted by molar-refractivity contribution is -0.222. The summed E-state index contributed by atoms with van der Waals surface area (Å²) in [5, 5.41) is 2.22. The molecule has 0 spiro atoms. The number of ether oxygens (including phenoxy) is 7. The van der Waals surface area contributed by atoms with Gasteiger partial charge in [-0.2, -0.15) is 0 Å². The van der Waals surface area contributed by atoms with E-state index in [0.29, 0.717) is 6.61 Å². The number of rotatable bonds is 15. The molecular weight excluding hydrogens is 516 g/mol. The highest BCUT2D eigenvalue weighted by Gasteiger charge is 2.51. The van der Waals surface area contributed by atoms with Gasteiger partial charge in [0.1, 0.15) is 44.8 Å². The molecule has 1 aliphatic carbocycles. The van der Waals surface area contributed by atoms with Crippen molar-refractivity contribution in [3.05, 3.63) is 72.3 Å². The summed E-state index contributed by atoms with van der Waals surface area (Å²) in [5.41, 5.74) is 0.894. The van der Waals surface area contributed by atoms with Gasteiger partial charge in [-0.25, -0.2) is 0 Å². The highest BCUT2D eigenvalue weighted by molar-refractivity contribution is 6.99. The van der Waals surface area contributed by atoms with Crippen molar-refractivity contribution in [1.29, 1.82) is 0 Å². The van der Waals surface area contributed by atoms with Crippen LogP contribution in [0.5, 0.6) is 0 Å². The Balaban J connectivity index is 2.08. The van der Waals surface area contributed by atoms with Crippen LogP contribution in [0.1, 0.15) is 20.8 Å². The first-order valence-electron chi connectivity index (χ1n) is 13.1. The summed E-state index contributed by atoms with van der Waals surface area (Å²) < 4.78 is 47.2. The first kappa shape index (κ1) is 31.6. The van der Waals surface area contributed by atoms with Crippen molar-refractivity contribution in [2.24, 2.45) is 0 Å². The van der Waals surface area contributed by atoms with Crippen molar-refractivity contribution in [1.82, 2.24) is 0 Å². The minimum atomic E-state index is -2.80. The first-order valence-corrected chi connectivity index (χ1v) is 15.0. The van der Waals surface area contributed by atoms with Crippen LogP contribution >= 0.6 is 0 Å². The summed E-state index contributed by atoms with van der Waals surface area (Å²) >= 11 is 0. The molecule has 1 aliphatic rings. The van der Waals surface area contributed by atoms with E-state index in [1.807, 2.05) is 18.2 Å². The monoisotopic (exact) mass is 560 g/mol. The van der Waals surface area contributed by atoms with Crippen molar-refractivity contribution in [3.63, 3.8) is 0 Å². The smallest absolute Gasteiger partial charge is 0.261 e. The minimum Gasteiger partial charge on any atom is -0.403 e. The molecule has 2 unspecified atom stereocenters. The van der Waals surface area contributed by atoms with Crippen LogP contribution in [0.25, 0.3) is 0 Å². The Kier molecular flexibility index (Phi) is 12.3. The van der Waals surface area contributed by atoms with Crippen LogP contribution in [-0.4, -0.2) is 88.2 Å². The van der Waals surface area contributed by atoms with Crippen LogP contribution in [0, 0.1) is 0 Å². The largest absolute Gasteiger partial charge is 0.403 e. The third kappa shape index (κ3) is 7.43. The van der Waals surface area contributed by atoms with Gasteiger partial charge in [0.15, 0.2) is 0 Å². The van der Waals surface area contributed by atoms with Crippen LogP contribution < -0.4 is 10.4 Å². The van der Waals surface area contributed by atoms with Crippen LogP contribution in [-0.2, 0) is 37.6 Å². The van der Waals surface area contributed by atoms with Crippen LogP contribution in [0.4, 0.5) is 0 Å². The van der Waals surface area contributed by atoms with E-state index in [9.17, 15) is 0 Å². The normalized spacial score (nSPS) is 22.1. The molecule has 0 fully saturated rings. The van der Waals surface area contributed by atoms with E-state index in [0.717, 1.165) is 5.57 Å². The van der Waals surface area contributed by atoms with Crippen molar-refractivity contribution in [3.8, 4) is 0 Å². The Hall–Kier alpha value is -1.92. The molecule has 0 N–H and O–H groups in total. The van der Waals surface area contributed by atoms with Gasteiger partial charge in [0.05, 0.1) is 6.61 Å². The summed E-state index contributed by atoms with van der Waals surface area (Å²) in [4.78, 5) is 0. The molecule has 0 saturated heterocycles. The Morgan fingerprint density at radius 2 is 1.15 bits per heavy atom. The molecule has 3 rings (SSSR count). The third-order valence-corrected chi connectivity index (χ3v) is 11.9. The zero-order valence-corrected chi connectivity index (χ0v) is 25.3. The first-order chi connectivity index (χ1) is 18.8. The van der Waals surface area contributed by atoms with E-state index in [2.05, 4.69) is 69.3 Å². The topological polar surface area (TPSA) is 73.8 Å². The van der Waals surface area contributed by atoms with E-state index < -0.39 is 32.7 Å². The van der Waals surface area contributed by atoms with Crippen LogP contribution in [0.15, 0.2) is 72.3 Å². The van der Waals surface area contributed by atoms with E-state index in [1.54, 1.807) is 28.4 Å². The van der Waals surface area contributed by atoms with Gasteiger partial charge in [0.2, 0.25) is 0 Å². The highest BCUT2D eigenvalue weighted by atomic mass is 28.4. The zero-order chi connectivity index (χ0) is 28.3. The molecule has 0 bridgehead atoms. The SMILES string of the molecule is COCOC1C(CO[Si](c2ccccc2)(c2ccccc2)C(C)(C)C)=C[C@@H](OC)[C@@H](OCOC)C1OCOC. The van der Waals surface area contributed by atoms with Crippen LogP contribution in [0.2, 0.25) is 5.04 Å². The van der Waals surface area contributed by atoms with E-state index in [1.165, 1.54) is 10.4 Å². The standard InChI is InChI=1S/C30H44O8Si/c1-30(2,3)39(24-14-10-8-11-15-24,25-16-12-9-13-17-25)38-19-23-18-26(34-7)28(36-21-32-5)29(37-22-33-6)27(23)35-20-31-4/h8-18,26-29H,19-22H2,1-7H3/t26-,27?,28-,29?/m1/s1. The Morgan fingerprint density at radius 1 is 0.667 bits per heavy atom. The van der Waals surface area contributed by atoms with Gasteiger partial charge < -0.3 is 37.6 Å². The molecule has 8 nitrogen and oxygen atoms in total. The Labute approximate surface area is 234 Å². The Bertz CT molecular complexity index is 956. The zero-order valence-electron chi connectivity index (χ0n) is 24.3. The third-order valence-electron chi connectivity index (χ3n) is 6.96. The molecule has 2 aromatic rings. The molecule has 0 heterocycles. The average molecular weight is 561 g/mol. The molecule has 0 amide bonds. The molecule has 0 aliphatic heterocycles. The number of hydrogen-bond acceptors (Lipinski definition) is 8. The quantitative estimate of drug-likeness (QED) is 0.186. The fraction of sp³-hybridized carbons (Fsp3) is 0.533. The van der Waals surface area contributed by atoms with Gasteiger partial charge in [-0.05, 0) is 27.1 Å². The summed E-state index contributed by atoms with van der Waals surface area (Å²) in [5.74, 6) is 0. The number of hydrogen-bond donors (Lipinski definition) is 0. The lowest BCUT2D eigenvalue weighted by Crippen LogP contribution is -2.67. The summed E-state index contributed by atoms with van der Waals surface area (Å²) in [6.45, 7) is 7.28. The van der Waals surface area contributed by atoms with Gasteiger partial charge in [-0.1, -0.05) is 81.4 Å². The van der Waals surface area contributed by atoms with Crippen molar-refractivity contribution < 1.29 is 37.6 Å². The van der Waals surface area contributed by atoms with Crippen molar-refractivity contribution in [2.75, 3.05) is 55.4 Å². The van der Waals surface area contributed by atoms with Gasteiger partial charge in [0.25, 0.3) is 8.32 Å². The summed E-state index contributed by atoms with van der Waals surface area (Å²) in [7, 11) is 3.60. The lowest BCUT2D eigenvalue weighted by atomic mass is 9.89. The summed E-state index contributed by atoms with van der Waals surface area (Å²) in [6.07, 6.45) is 0.0331. The average Bonchev–Trinajstić information content (AvgIpc) is 2.95. The molecule has 4 atom stereocenters. The second-order valence-electron chi connectivity index (χ2n) is 10.5. The highest BCUT2D eigenvalue weighted by Crippen LogP contribution is 2.38. The molecule has 216 valence electrons. The summed E-state index contributed by atoms with van der Waals surface area (Å²) in [6, 6.07) is 21.1. The minimum absolute atomic E-state index is 0.0592. The van der Waals surface area contributed by atoms with Crippen molar-refractivity contribution in [2.45, 2.75) is 50.2 Å². The van der Waals surface area contributed by atoms with Crippen molar-refractivity contribution >= 4 is 18.7 Å². The molecular formula is C30H44O8Si. The molecule has 9 heteroatoms. The number of methoxy groups -OCH3 is 4. The van der Waals surface area contributed by atoms with E-state index in [-0.39, 0.29) is 25.4 Å². The maximum Gasteiger partial charge on any atom is 0.261 e. The van der Waals surface area contributed by atoms with Gasteiger partial charge >= 0.3 is 0 Å². The Morgan fingerprint density at radius 3 is 1.62 bits per heavy atom. The molecule has 0 saturated carbocycles. The fourth-order valence-electron chi connectivity index (χ4n) is 5.26. The molecule has 39 heavy (non-hydrogen) atoms. The maximum absolute atomic E-state index is 7.22. The second-order valence-corrected chi connectivity index (χ2v) is 14.8. The van der Waals surface area contributed by atoms with Crippen LogP contribution in [0.3, 0.4) is 0 Å². The molecule has 0 aromatic heterocycles. The van der Waals surface area contributed by atoms with Gasteiger partial charge in [-0.3, -0.25) is 0 Å². The van der Waals surface area contributed by atoms with E-state index >= 15 is 0 Å². The van der Waals surface area contributed by atoms with Gasteiger partial charge in [0, 0.05) is 28.4 Å². The predicted molar refractivity (Wildman–Crippen MR) is 153 cm³/mol. The second kappa shape index (κ2) is 15.2.